The zero-order chi connectivity index (χ0) is 16.9. The molecule has 0 aliphatic carbocycles. The predicted octanol–water partition coefficient (Wildman–Crippen LogP) is 1.11. The van der Waals surface area contributed by atoms with Crippen LogP contribution in [0.3, 0.4) is 0 Å². The highest BCUT2D eigenvalue weighted by Gasteiger charge is 2.25. The molecular weight excluding hydrogens is 307 g/mol. The van der Waals surface area contributed by atoms with Crippen molar-refractivity contribution in [3.63, 3.8) is 0 Å². The zero-order valence-corrected chi connectivity index (χ0v) is 14.5. The molecule has 0 aromatic heterocycles. The number of amides is 1. The number of hydrogen-bond acceptors (Lipinski definition) is 4. The number of nitrogens with zero attached hydrogens (tertiary/aromatic N) is 4. The van der Waals surface area contributed by atoms with Gasteiger partial charge in [0, 0.05) is 52.4 Å². The van der Waals surface area contributed by atoms with E-state index in [4.69, 9.17) is 0 Å². The smallest absolute Gasteiger partial charge is 0.236 e. The minimum absolute atomic E-state index is 0.189. The monoisotopic (exact) mass is 334 g/mol. The van der Waals surface area contributed by atoms with Crippen molar-refractivity contribution in [1.82, 2.24) is 14.7 Å². The molecule has 0 N–H and O–H groups in total. The molecule has 1 aromatic carbocycles. The van der Waals surface area contributed by atoms with E-state index in [1.165, 1.54) is 6.07 Å². The summed E-state index contributed by atoms with van der Waals surface area (Å²) in [6, 6.07) is 6.85. The van der Waals surface area contributed by atoms with Gasteiger partial charge in [-0.3, -0.25) is 9.69 Å². The highest BCUT2D eigenvalue weighted by molar-refractivity contribution is 5.78. The molecule has 0 spiro atoms. The van der Waals surface area contributed by atoms with Crippen molar-refractivity contribution in [2.75, 3.05) is 70.3 Å². The Morgan fingerprint density at radius 2 is 1.58 bits per heavy atom. The number of hydrogen-bond donors (Lipinski definition) is 0. The first-order valence-electron chi connectivity index (χ1n) is 8.89. The molecule has 0 unspecified atom stereocenters. The average molecular weight is 334 g/mol. The normalized spacial score (nSPS) is 20.4. The van der Waals surface area contributed by atoms with Crippen LogP contribution in [0.1, 0.15) is 6.92 Å². The Morgan fingerprint density at radius 1 is 0.958 bits per heavy atom. The van der Waals surface area contributed by atoms with Crippen molar-refractivity contribution in [3.05, 3.63) is 30.1 Å². The van der Waals surface area contributed by atoms with E-state index in [2.05, 4.69) is 16.7 Å². The molecule has 5 nitrogen and oxygen atoms in total. The molecule has 6 heteroatoms. The van der Waals surface area contributed by atoms with Crippen LogP contribution in [0.4, 0.5) is 10.1 Å². The standard InChI is InChI=1S/C18H27FN4O/c1-2-20-7-9-21(10-8-20)15-18(24)23-13-11-22(12-14-23)17-6-4-3-5-16(17)19/h3-6H,2,7-15H2,1H3. The number of benzene rings is 1. The van der Waals surface area contributed by atoms with Crippen molar-refractivity contribution < 1.29 is 9.18 Å². The van der Waals surface area contributed by atoms with E-state index in [9.17, 15) is 9.18 Å². The van der Waals surface area contributed by atoms with Gasteiger partial charge in [0.05, 0.1) is 12.2 Å². The van der Waals surface area contributed by atoms with E-state index in [0.29, 0.717) is 38.4 Å². The molecule has 24 heavy (non-hydrogen) atoms. The summed E-state index contributed by atoms with van der Waals surface area (Å²) in [5, 5.41) is 0. The summed E-state index contributed by atoms with van der Waals surface area (Å²) in [7, 11) is 0. The Bertz CT molecular complexity index is 552. The van der Waals surface area contributed by atoms with Gasteiger partial charge in [-0.2, -0.15) is 0 Å². The summed E-state index contributed by atoms with van der Waals surface area (Å²) < 4.78 is 13.9. The van der Waals surface area contributed by atoms with E-state index in [1.807, 2.05) is 15.9 Å². The SMILES string of the molecule is CCN1CCN(CC(=O)N2CCN(c3ccccc3F)CC2)CC1. The molecule has 2 aliphatic rings. The Hall–Kier alpha value is -1.66. The fourth-order valence-electron chi connectivity index (χ4n) is 3.46. The van der Waals surface area contributed by atoms with Gasteiger partial charge in [-0.05, 0) is 18.7 Å². The van der Waals surface area contributed by atoms with Crippen LogP contribution in [0, 0.1) is 5.82 Å². The van der Waals surface area contributed by atoms with Crippen molar-refractivity contribution in [1.29, 1.82) is 0 Å². The maximum atomic E-state index is 13.9. The highest BCUT2D eigenvalue weighted by Crippen LogP contribution is 2.20. The molecule has 132 valence electrons. The lowest BCUT2D eigenvalue weighted by atomic mass is 10.2. The lowest BCUT2D eigenvalue weighted by Gasteiger charge is -2.38. The van der Waals surface area contributed by atoms with Crippen molar-refractivity contribution in [3.8, 4) is 0 Å². The van der Waals surface area contributed by atoms with E-state index >= 15 is 0 Å². The third kappa shape index (κ3) is 4.05. The number of piperazine rings is 2. The largest absolute Gasteiger partial charge is 0.366 e. The number of anilines is 1. The number of rotatable bonds is 4. The summed E-state index contributed by atoms with van der Waals surface area (Å²) in [5.41, 5.74) is 0.639. The fourth-order valence-corrected chi connectivity index (χ4v) is 3.46. The molecule has 2 saturated heterocycles. The maximum Gasteiger partial charge on any atom is 0.236 e. The van der Waals surface area contributed by atoms with Crippen LogP contribution >= 0.6 is 0 Å². The minimum atomic E-state index is -0.189. The third-order valence-corrected chi connectivity index (χ3v) is 5.10. The van der Waals surface area contributed by atoms with Crippen LogP contribution in [0.15, 0.2) is 24.3 Å². The number of carbonyl (C=O) groups is 1. The van der Waals surface area contributed by atoms with Gasteiger partial charge in [-0.25, -0.2) is 4.39 Å². The number of para-hydroxylation sites is 1. The van der Waals surface area contributed by atoms with Crippen molar-refractivity contribution in [2.24, 2.45) is 0 Å². The molecule has 2 fully saturated rings. The molecule has 0 radical (unpaired) electrons. The maximum absolute atomic E-state index is 13.9. The van der Waals surface area contributed by atoms with Gasteiger partial charge in [0.15, 0.2) is 0 Å². The first-order valence-corrected chi connectivity index (χ1v) is 8.89. The molecule has 0 atom stereocenters. The minimum Gasteiger partial charge on any atom is -0.366 e. The molecule has 0 bridgehead atoms. The van der Waals surface area contributed by atoms with E-state index in [1.54, 1.807) is 12.1 Å². The van der Waals surface area contributed by atoms with Gasteiger partial charge in [-0.1, -0.05) is 19.1 Å². The summed E-state index contributed by atoms with van der Waals surface area (Å²) in [6.45, 7) is 10.5. The van der Waals surface area contributed by atoms with Crippen LogP contribution < -0.4 is 4.90 Å². The van der Waals surface area contributed by atoms with Crippen LogP contribution in [0.25, 0.3) is 0 Å². The Morgan fingerprint density at radius 3 is 2.21 bits per heavy atom. The average Bonchev–Trinajstić information content (AvgIpc) is 2.63. The van der Waals surface area contributed by atoms with E-state index in [-0.39, 0.29) is 11.7 Å². The highest BCUT2D eigenvalue weighted by atomic mass is 19.1. The van der Waals surface area contributed by atoms with Crippen LogP contribution in [0.2, 0.25) is 0 Å². The molecule has 1 amide bonds. The zero-order valence-electron chi connectivity index (χ0n) is 14.5. The topological polar surface area (TPSA) is 30.0 Å². The van der Waals surface area contributed by atoms with Gasteiger partial charge < -0.3 is 14.7 Å². The summed E-state index contributed by atoms with van der Waals surface area (Å²) in [5.74, 6) is 0.0132. The van der Waals surface area contributed by atoms with Gasteiger partial charge in [0.1, 0.15) is 5.82 Å². The summed E-state index contributed by atoms with van der Waals surface area (Å²) in [4.78, 5) is 21.1. The first kappa shape index (κ1) is 17.2. The van der Waals surface area contributed by atoms with E-state index < -0.39 is 0 Å². The molecule has 3 rings (SSSR count). The van der Waals surface area contributed by atoms with Crippen LogP contribution in [-0.4, -0.2) is 86.1 Å². The van der Waals surface area contributed by atoms with Gasteiger partial charge in [0.2, 0.25) is 5.91 Å². The van der Waals surface area contributed by atoms with Gasteiger partial charge in [0.25, 0.3) is 0 Å². The molecule has 1 aromatic rings. The molecule has 2 aliphatic heterocycles. The van der Waals surface area contributed by atoms with Gasteiger partial charge in [-0.15, -0.1) is 0 Å². The fraction of sp³-hybridized carbons (Fsp3) is 0.611. The Kier molecular flexibility index (Phi) is 5.68. The number of carbonyl (C=O) groups excluding carboxylic acids is 1. The summed E-state index contributed by atoms with van der Waals surface area (Å²) >= 11 is 0. The third-order valence-electron chi connectivity index (χ3n) is 5.10. The Labute approximate surface area is 143 Å². The quantitative estimate of drug-likeness (QED) is 0.825. The van der Waals surface area contributed by atoms with Crippen LogP contribution in [-0.2, 0) is 4.79 Å². The Balaban J connectivity index is 1.46. The van der Waals surface area contributed by atoms with Crippen LogP contribution in [0.5, 0.6) is 0 Å². The summed E-state index contributed by atoms with van der Waals surface area (Å²) in [6.07, 6.45) is 0. The van der Waals surface area contributed by atoms with Crippen molar-refractivity contribution in [2.45, 2.75) is 6.92 Å². The molecule has 0 saturated carbocycles. The molecule has 2 heterocycles. The van der Waals surface area contributed by atoms with Gasteiger partial charge >= 0.3 is 0 Å². The second kappa shape index (κ2) is 7.94. The predicted molar refractivity (Wildman–Crippen MR) is 93.7 cm³/mol. The van der Waals surface area contributed by atoms with Crippen molar-refractivity contribution >= 4 is 11.6 Å². The van der Waals surface area contributed by atoms with E-state index in [0.717, 1.165) is 32.7 Å². The lowest BCUT2D eigenvalue weighted by molar-refractivity contribution is -0.133. The first-order chi connectivity index (χ1) is 11.7. The second-order valence-corrected chi connectivity index (χ2v) is 6.53. The molecular formula is C18H27FN4O. The lowest BCUT2D eigenvalue weighted by Crippen LogP contribution is -2.53. The second-order valence-electron chi connectivity index (χ2n) is 6.53. The number of halogens is 1. The number of likely N-dealkylation sites (N-methyl/N-ethyl adjacent to an activating group) is 1.